The lowest BCUT2D eigenvalue weighted by Gasteiger charge is -2.26. The van der Waals surface area contributed by atoms with E-state index in [2.05, 4.69) is 47.1 Å². The van der Waals surface area contributed by atoms with Gasteiger partial charge in [0.2, 0.25) is 0 Å². The second kappa shape index (κ2) is 12.5. The minimum absolute atomic E-state index is 0.0516. The Morgan fingerprint density at radius 3 is 2.19 bits per heavy atom. The SMILES string of the molecule is Cc1ccc(-n2c(C)cc(/C=N\NC(=O)c3ccccc3N(Cc3ccccc3)S(=O)(=O)c3ccccc3)c2C)c(C)c1. The summed E-state index contributed by atoms with van der Waals surface area (Å²) in [6, 6.07) is 32.5. The fourth-order valence-electron chi connectivity index (χ4n) is 5.22. The second-order valence-corrected chi connectivity index (χ2v) is 12.3. The van der Waals surface area contributed by atoms with Gasteiger partial charge in [-0.3, -0.25) is 9.10 Å². The van der Waals surface area contributed by atoms with Crippen LogP contribution in [0.2, 0.25) is 0 Å². The number of amides is 1. The number of hydrogen-bond donors (Lipinski definition) is 1. The van der Waals surface area contributed by atoms with Crippen LogP contribution in [0.25, 0.3) is 5.69 Å². The molecule has 0 saturated heterocycles. The van der Waals surface area contributed by atoms with Crippen LogP contribution >= 0.6 is 0 Å². The Morgan fingerprint density at radius 1 is 0.837 bits per heavy atom. The van der Waals surface area contributed by atoms with Gasteiger partial charge in [-0.15, -0.1) is 0 Å². The van der Waals surface area contributed by atoms with Crippen molar-refractivity contribution in [2.75, 3.05) is 4.31 Å². The van der Waals surface area contributed by atoms with Crippen LogP contribution in [0.1, 0.15) is 44.0 Å². The summed E-state index contributed by atoms with van der Waals surface area (Å²) < 4.78 is 31.3. The molecule has 1 heterocycles. The van der Waals surface area contributed by atoms with Gasteiger partial charge in [0, 0.05) is 22.6 Å². The van der Waals surface area contributed by atoms with Gasteiger partial charge in [0.1, 0.15) is 0 Å². The maximum Gasteiger partial charge on any atom is 0.273 e. The summed E-state index contributed by atoms with van der Waals surface area (Å²) in [6.07, 6.45) is 1.62. The molecule has 8 heteroatoms. The highest BCUT2D eigenvalue weighted by atomic mass is 32.2. The highest BCUT2D eigenvalue weighted by molar-refractivity contribution is 7.92. The van der Waals surface area contributed by atoms with E-state index in [4.69, 9.17) is 0 Å². The number of hydrogen-bond acceptors (Lipinski definition) is 4. The molecule has 0 radical (unpaired) electrons. The van der Waals surface area contributed by atoms with Gasteiger partial charge in [0.25, 0.3) is 15.9 Å². The Labute approximate surface area is 253 Å². The summed E-state index contributed by atoms with van der Waals surface area (Å²) in [5, 5.41) is 4.26. The lowest BCUT2D eigenvalue weighted by Crippen LogP contribution is -2.33. The fraction of sp³-hybridized carbons (Fsp3) is 0.143. The van der Waals surface area contributed by atoms with Crippen LogP contribution in [0.15, 0.2) is 119 Å². The van der Waals surface area contributed by atoms with Gasteiger partial charge in [0.15, 0.2) is 0 Å². The van der Waals surface area contributed by atoms with E-state index in [9.17, 15) is 13.2 Å². The second-order valence-electron chi connectivity index (χ2n) is 10.5. The van der Waals surface area contributed by atoms with Crippen LogP contribution in [0.4, 0.5) is 5.69 Å². The Morgan fingerprint density at radius 2 is 1.49 bits per heavy atom. The van der Waals surface area contributed by atoms with E-state index in [0.717, 1.165) is 28.2 Å². The molecule has 0 spiro atoms. The average Bonchev–Trinajstić information content (AvgIpc) is 3.29. The third kappa shape index (κ3) is 6.29. The molecular formula is C35H34N4O3S. The van der Waals surface area contributed by atoms with Crippen LogP contribution < -0.4 is 9.73 Å². The van der Waals surface area contributed by atoms with E-state index in [1.165, 1.54) is 15.4 Å². The van der Waals surface area contributed by atoms with Crippen molar-refractivity contribution in [2.24, 2.45) is 5.10 Å². The van der Waals surface area contributed by atoms with Crippen LogP contribution in [-0.2, 0) is 16.6 Å². The molecule has 4 aromatic carbocycles. The van der Waals surface area contributed by atoms with Gasteiger partial charge < -0.3 is 4.57 Å². The molecule has 0 aliphatic rings. The number of nitrogens with zero attached hydrogens (tertiary/aromatic N) is 3. The molecule has 0 aliphatic carbocycles. The van der Waals surface area contributed by atoms with Crippen molar-refractivity contribution in [1.29, 1.82) is 0 Å². The maximum atomic E-state index is 13.9. The molecule has 1 amide bonds. The summed E-state index contributed by atoms with van der Waals surface area (Å²) >= 11 is 0. The first-order chi connectivity index (χ1) is 20.7. The van der Waals surface area contributed by atoms with Crippen molar-refractivity contribution in [3.63, 3.8) is 0 Å². The van der Waals surface area contributed by atoms with E-state index in [0.29, 0.717) is 0 Å². The van der Waals surface area contributed by atoms with Crippen molar-refractivity contribution >= 4 is 27.8 Å². The summed E-state index contributed by atoms with van der Waals surface area (Å²) in [5.74, 6) is -0.517. The summed E-state index contributed by atoms with van der Waals surface area (Å²) in [5.41, 5.74) is 10.2. The lowest BCUT2D eigenvalue weighted by atomic mass is 10.1. The fourth-order valence-corrected chi connectivity index (χ4v) is 6.71. The number of anilines is 1. The molecule has 5 aromatic rings. The van der Waals surface area contributed by atoms with Crippen molar-refractivity contribution in [2.45, 2.75) is 39.1 Å². The van der Waals surface area contributed by atoms with E-state index in [1.807, 2.05) is 50.2 Å². The molecule has 7 nitrogen and oxygen atoms in total. The molecule has 218 valence electrons. The van der Waals surface area contributed by atoms with Gasteiger partial charge in [-0.1, -0.05) is 78.4 Å². The van der Waals surface area contributed by atoms with Gasteiger partial charge >= 0.3 is 0 Å². The van der Waals surface area contributed by atoms with Gasteiger partial charge in [0.05, 0.1) is 28.9 Å². The number of carbonyl (C=O) groups is 1. The predicted molar refractivity (Wildman–Crippen MR) is 172 cm³/mol. The largest absolute Gasteiger partial charge is 0.318 e. The van der Waals surface area contributed by atoms with Gasteiger partial charge in [-0.05, 0) is 75.2 Å². The van der Waals surface area contributed by atoms with Crippen LogP contribution in [0.3, 0.4) is 0 Å². The van der Waals surface area contributed by atoms with Gasteiger partial charge in [-0.2, -0.15) is 5.10 Å². The maximum absolute atomic E-state index is 13.9. The van der Waals surface area contributed by atoms with E-state index in [1.54, 1.807) is 60.8 Å². The zero-order chi connectivity index (χ0) is 30.6. The molecule has 43 heavy (non-hydrogen) atoms. The summed E-state index contributed by atoms with van der Waals surface area (Å²) in [6.45, 7) is 8.26. The molecule has 1 aromatic heterocycles. The number of rotatable bonds is 9. The molecule has 0 aliphatic heterocycles. The minimum Gasteiger partial charge on any atom is -0.318 e. The lowest BCUT2D eigenvalue weighted by molar-refractivity contribution is 0.0955. The topological polar surface area (TPSA) is 83.8 Å². The number of benzene rings is 4. The number of carbonyl (C=O) groups excluding carboxylic acids is 1. The van der Waals surface area contributed by atoms with Crippen molar-refractivity contribution in [3.8, 4) is 5.69 Å². The standard InChI is InChI=1S/C35H34N4O3S/c1-25-19-20-33(26(2)21-25)39-27(3)22-30(28(39)4)23-36-37-35(40)32-17-11-12-18-34(32)38(24-29-13-7-5-8-14-29)43(41,42)31-15-9-6-10-16-31/h5-23H,24H2,1-4H3,(H,37,40)/b36-23-. The van der Waals surface area contributed by atoms with E-state index in [-0.39, 0.29) is 22.7 Å². The minimum atomic E-state index is -4.00. The number of para-hydroxylation sites is 1. The smallest absolute Gasteiger partial charge is 0.273 e. The number of hydrazone groups is 1. The first-order valence-electron chi connectivity index (χ1n) is 14.0. The van der Waals surface area contributed by atoms with Crippen LogP contribution in [0, 0.1) is 27.7 Å². The van der Waals surface area contributed by atoms with Crippen molar-refractivity contribution in [1.82, 2.24) is 9.99 Å². The first-order valence-corrected chi connectivity index (χ1v) is 15.4. The Kier molecular flexibility index (Phi) is 8.59. The number of nitrogens with one attached hydrogen (secondary N) is 1. The average molecular weight is 591 g/mol. The Bertz CT molecular complexity index is 1900. The van der Waals surface area contributed by atoms with Crippen molar-refractivity contribution in [3.05, 3.63) is 148 Å². The summed E-state index contributed by atoms with van der Waals surface area (Å²) in [7, 11) is -4.00. The molecule has 0 bridgehead atoms. The predicted octanol–water partition coefficient (Wildman–Crippen LogP) is 6.87. The molecular weight excluding hydrogens is 556 g/mol. The van der Waals surface area contributed by atoms with Crippen LogP contribution in [0.5, 0.6) is 0 Å². The van der Waals surface area contributed by atoms with Crippen LogP contribution in [-0.4, -0.2) is 25.1 Å². The molecule has 1 N–H and O–H groups in total. The molecule has 0 saturated carbocycles. The third-order valence-corrected chi connectivity index (χ3v) is 9.12. The highest BCUT2D eigenvalue weighted by Crippen LogP contribution is 2.29. The monoisotopic (exact) mass is 590 g/mol. The van der Waals surface area contributed by atoms with Gasteiger partial charge in [-0.25, -0.2) is 13.8 Å². The molecule has 0 fully saturated rings. The Hall–Kier alpha value is -4.95. The Balaban J connectivity index is 1.45. The van der Waals surface area contributed by atoms with Crippen molar-refractivity contribution < 1.29 is 13.2 Å². The molecule has 0 atom stereocenters. The zero-order valence-corrected chi connectivity index (χ0v) is 25.5. The normalized spacial score (nSPS) is 11.5. The summed E-state index contributed by atoms with van der Waals surface area (Å²) in [4.78, 5) is 13.6. The number of aromatic nitrogens is 1. The van der Waals surface area contributed by atoms with E-state index < -0.39 is 15.9 Å². The van der Waals surface area contributed by atoms with E-state index >= 15 is 0 Å². The highest BCUT2D eigenvalue weighted by Gasteiger charge is 2.28. The third-order valence-electron chi connectivity index (χ3n) is 7.35. The number of sulfonamides is 1. The quantitative estimate of drug-likeness (QED) is 0.150. The zero-order valence-electron chi connectivity index (χ0n) is 24.7. The first kappa shape index (κ1) is 29.5. The molecule has 5 rings (SSSR count). The number of aryl methyl sites for hydroxylation is 3. The molecule has 0 unspecified atom stereocenters.